The molecule has 0 heterocycles. The molecule has 0 N–H and O–H groups in total. The van der Waals surface area contributed by atoms with E-state index in [1.807, 2.05) is 11.8 Å². The van der Waals surface area contributed by atoms with Gasteiger partial charge in [-0.3, -0.25) is 0 Å². The Balaban J connectivity index is 3.12. The van der Waals surface area contributed by atoms with Gasteiger partial charge in [0.1, 0.15) is 0 Å². The molecule has 0 radical (unpaired) electrons. The van der Waals surface area contributed by atoms with E-state index in [1.54, 1.807) is 0 Å². The van der Waals surface area contributed by atoms with E-state index in [2.05, 4.69) is 32.1 Å². The Morgan fingerprint density at radius 1 is 1.15 bits per heavy atom. The Morgan fingerprint density at radius 2 is 1.85 bits per heavy atom. The predicted octanol–water partition coefficient (Wildman–Crippen LogP) is 3.11. The summed E-state index contributed by atoms with van der Waals surface area (Å²) in [6, 6.07) is 0. The fraction of sp³-hybridized carbons (Fsp3) is 1.00. The molecule has 0 aromatic heterocycles. The first-order chi connectivity index (χ1) is 6.16. The van der Waals surface area contributed by atoms with Crippen LogP contribution in [-0.4, -0.2) is 37.0 Å². The summed E-state index contributed by atoms with van der Waals surface area (Å²) in [5.41, 5.74) is 0. The van der Waals surface area contributed by atoms with Gasteiger partial charge in [0.2, 0.25) is 0 Å². The molecule has 0 saturated carbocycles. The molecule has 0 amide bonds. The fourth-order valence-electron chi connectivity index (χ4n) is 1.52. The van der Waals surface area contributed by atoms with E-state index in [1.165, 1.54) is 38.1 Å². The standard InChI is InChI=1S/C11H25NS/c1-11(2)10-12(3)8-6-5-7-9-13-4/h11H,5-10H2,1-4H3. The fourth-order valence-corrected chi connectivity index (χ4v) is 2.01. The van der Waals surface area contributed by atoms with Gasteiger partial charge in [-0.15, -0.1) is 0 Å². The first-order valence-electron chi connectivity index (χ1n) is 5.34. The zero-order chi connectivity index (χ0) is 10.1. The number of thioether (sulfide) groups is 1. The summed E-state index contributed by atoms with van der Waals surface area (Å²) in [5, 5.41) is 0. The molecule has 0 atom stereocenters. The summed E-state index contributed by atoms with van der Waals surface area (Å²) in [5.74, 6) is 2.13. The first-order valence-corrected chi connectivity index (χ1v) is 6.73. The Morgan fingerprint density at radius 3 is 2.38 bits per heavy atom. The number of hydrogen-bond acceptors (Lipinski definition) is 2. The first kappa shape index (κ1) is 13.3. The maximum atomic E-state index is 2.45. The topological polar surface area (TPSA) is 3.24 Å². The average Bonchev–Trinajstić information content (AvgIpc) is 2.02. The molecule has 0 aromatic rings. The van der Waals surface area contributed by atoms with E-state index < -0.39 is 0 Å². The zero-order valence-electron chi connectivity index (χ0n) is 9.68. The summed E-state index contributed by atoms with van der Waals surface area (Å²) < 4.78 is 0. The van der Waals surface area contributed by atoms with Crippen molar-refractivity contribution in [3.63, 3.8) is 0 Å². The molecule has 0 aliphatic heterocycles. The van der Waals surface area contributed by atoms with Crippen LogP contribution in [-0.2, 0) is 0 Å². The van der Waals surface area contributed by atoms with Crippen molar-refractivity contribution in [3.8, 4) is 0 Å². The van der Waals surface area contributed by atoms with Gasteiger partial charge < -0.3 is 4.90 Å². The Labute approximate surface area is 88.3 Å². The number of nitrogens with zero attached hydrogens (tertiary/aromatic N) is 1. The van der Waals surface area contributed by atoms with Crippen LogP contribution in [0.5, 0.6) is 0 Å². The highest BCUT2D eigenvalue weighted by molar-refractivity contribution is 7.98. The molecule has 2 heteroatoms. The van der Waals surface area contributed by atoms with Gasteiger partial charge in [-0.2, -0.15) is 11.8 Å². The molecule has 0 aliphatic rings. The van der Waals surface area contributed by atoms with Gasteiger partial charge in [-0.1, -0.05) is 20.3 Å². The number of rotatable bonds is 8. The molecule has 13 heavy (non-hydrogen) atoms. The van der Waals surface area contributed by atoms with Crippen molar-refractivity contribution in [1.29, 1.82) is 0 Å². The monoisotopic (exact) mass is 203 g/mol. The lowest BCUT2D eigenvalue weighted by Crippen LogP contribution is -2.24. The van der Waals surface area contributed by atoms with Gasteiger partial charge >= 0.3 is 0 Å². The van der Waals surface area contributed by atoms with Crippen LogP contribution in [0.4, 0.5) is 0 Å². The van der Waals surface area contributed by atoms with Gasteiger partial charge in [0, 0.05) is 6.54 Å². The third kappa shape index (κ3) is 10.2. The van der Waals surface area contributed by atoms with Crippen molar-refractivity contribution in [2.24, 2.45) is 5.92 Å². The van der Waals surface area contributed by atoms with E-state index in [0.29, 0.717) is 0 Å². The average molecular weight is 203 g/mol. The second-order valence-corrected chi connectivity index (χ2v) is 5.20. The van der Waals surface area contributed by atoms with Crippen molar-refractivity contribution >= 4 is 11.8 Å². The molecule has 0 fully saturated rings. The van der Waals surface area contributed by atoms with Crippen LogP contribution in [0.15, 0.2) is 0 Å². The number of hydrogen-bond donors (Lipinski definition) is 0. The molecule has 0 saturated heterocycles. The molecule has 1 nitrogen and oxygen atoms in total. The molecular weight excluding hydrogens is 178 g/mol. The maximum absolute atomic E-state index is 2.45. The highest BCUT2D eigenvalue weighted by Crippen LogP contribution is 2.04. The third-order valence-electron chi connectivity index (χ3n) is 2.07. The summed E-state index contributed by atoms with van der Waals surface area (Å²) in [7, 11) is 2.23. The molecule has 0 rings (SSSR count). The molecule has 0 spiro atoms. The maximum Gasteiger partial charge on any atom is 0.000133 e. The molecular formula is C11H25NS. The van der Waals surface area contributed by atoms with Crippen LogP contribution in [0.25, 0.3) is 0 Å². The Kier molecular flexibility index (Phi) is 9.10. The van der Waals surface area contributed by atoms with E-state index in [0.717, 1.165) is 5.92 Å². The summed E-state index contributed by atoms with van der Waals surface area (Å²) >= 11 is 1.96. The smallest absolute Gasteiger partial charge is 0.000133 e. The zero-order valence-corrected chi connectivity index (χ0v) is 10.5. The highest BCUT2D eigenvalue weighted by Gasteiger charge is 2.00. The lowest BCUT2D eigenvalue weighted by atomic mass is 10.2. The molecule has 0 unspecified atom stereocenters. The van der Waals surface area contributed by atoms with E-state index in [-0.39, 0.29) is 0 Å². The van der Waals surface area contributed by atoms with Crippen LogP contribution in [0.1, 0.15) is 33.1 Å². The Hall–Kier alpha value is 0.310. The van der Waals surface area contributed by atoms with E-state index in [4.69, 9.17) is 0 Å². The second-order valence-electron chi connectivity index (χ2n) is 4.21. The van der Waals surface area contributed by atoms with Crippen molar-refractivity contribution in [3.05, 3.63) is 0 Å². The van der Waals surface area contributed by atoms with Crippen LogP contribution in [0.3, 0.4) is 0 Å². The SMILES string of the molecule is CSCCCCCN(C)CC(C)C. The van der Waals surface area contributed by atoms with Gasteiger partial charge in [-0.25, -0.2) is 0 Å². The Bertz CT molecular complexity index is 104. The quantitative estimate of drug-likeness (QED) is 0.558. The number of unbranched alkanes of at least 4 members (excludes halogenated alkanes) is 2. The van der Waals surface area contributed by atoms with Gasteiger partial charge in [0.25, 0.3) is 0 Å². The van der Waals surface area contributed by atoms with E-state index >= 15 is 0 Å². The second kappa shape index (κ2) is 8.89. The van der Waals surface area contributed by atoms with Crippen LogP contribution >= 0.6 is 11.8 Å². The van der Waals surface area contributed by atoms with Gasteiger partial charge in [0.05, 0.1) is 0 Å². The molecule has 80 valence electrons. The minimum absolute atomic E-state index is 0.802. The summed E-state index contributed by atoms with van der Waals surface area (Å²) in [6.45, 7) is 7.07. The predicted molar refractivity (Wildman–Crippen MR) is 64.6 cm³/mol. The lowest BCUT2D eigenvalue weighted by molar-refractivity contribution is 0.289. The van der Waals surface area contributed by atoms with Crippen molar-refractivity contribution in [1.82, 2.24) is 4.90 Å². The van der Waals surface area contributed by atoms with E-state index in [9.17, 15) is 0 Å². The minimum atomic E-state index is 0.802. The highest BCUT2D eigenvalue weighted by atomic mass is 32.2. The molecule has 0 aliphatic carbocycles. The largest absolute Gasteiger partial charge is 0.306 e. The summed E-state index contributed by atoms with van der Waals surface area (Å²) in [6.07, 6.45) is 6.33. The van der Waals surface area contributed by atoms with Gasteiger partial charge in [0.15, 0.2) is 0 Å². The molecule has 0 bridgehead atoms. The van der Waals surface area contributed by atoms with Crippen molar-refractivity contribution < 1.29 is 0 Å². The third-order valence-corrected chi connectivity index (χ3v) is 2.76. The van der Waals surface area contributed by atoms with Crippen molar-refractivity contribution in [2.75, 3.05) is 32.1 Å². The minimum Gasteiger partial charge on any atom is -0.306 e. The van der Waals surface area contributed by atoms with Crippen LogP contribution < -0.4 is 0 Å². The van der Waals surface area contributed by atoms with Gasteiger partial charge in [-0.05, 0) is 44.4 Å². The van der Waals surface area contributed by atoms with Crippen molar-refractivity contribution in [2.45, 2.75) is 33.1 Å². The van der Waals surface area contributed by atoms with Crippen LogP contribution in [0.2, 0.25) is 0 Å². The normalized spacial score (nSPS) is 11.5. The van der Waals surface area contributed by atoms with Crippen LogP contribution in [0, 0.1) is 5.92 Å². The molecule has 0 aromatic carbocycles. The summed E-state index contributed by atoms with van der Waals surface area (Å²) in [4.78, 5) is 2.45. The lowest BCUT2D eigenvalue weighted by Gasteiger charge is -2.18.